The van der Waals surface area contributed by atoms with E-state index in [1.54, 1.807) is 43.5 Å². The van der Waals surface area contributed by atoms with Crippen LogP contribution in [0.1, 0.15) is 35.6 Å². The van der Waals surface area contributed by atoms with E-state index in [0.717, 1.165) is 11.0 Å². The number of aryl methyl sites for hydroxylation is 1. The summed E-state index contributed by atoms with van der Waals surface area (Å²) in [4.78, 5) is 14.6. The number of ether oxygens (including phenoxy) is 2. The summed E-state index contributed by atoms with van der Waals surface area (Å²) in [5, 5.41) is 20.7. The number of aliphatic hydroxyl groups is 2. The van der Waals surface area contributed by atoms with E-state index in [1.807, 2.05) is 0 Å². The molecule has 3 atom stereocenters. The zero-order valence-corrected chi connectivity index (χ0v) is 21.2. The summed E-state index contributed by atoms with van der Waals surface area (Å²) in [5.74, 6) is -0.380. The van der Waals surface area contributed by atoms with Gasteiger partial charge in [-0.1, -0.05) is 48.5 Å². The first-order chi connectivity index (χ1) is 18.8. The summed E-state index contributed by atoms with van der Waals surface area (Å²) in [6.07, 6.45) is -8.88. The maximum Gasteiger partial charge on any atom is 0.430 e. The van der Waals surface area contributed by atoms with Crippen molar-refractivity contribution in [2.24, 2.45) is 0 Å². The van der Waals surface area contributed by atoms with Crippen LogP contribution < -0.4 is 4.90 Å². The van der Waals surface area contributed by atoms with Crippen LogP contribution in [0.2, 0.25) is 0 Å². The topological polar surface area (TPSA) is 79.2 Å². The number of hydrogen-bond donors (Lipinski definition) is 2. The minimum absolute atomic E-state index is 0.00847. The molecule has 1 aliphatic heterocycles. The number of allylic oxidation sites excluding steroid dienone is 1. The predicted molar refractivity (Wildman–Crippen MR) is 132 cm³/mol. The highest BCUT2D eigenvalue weighted by Crippen LogP contribution is 2.51. The van der Waals surface area contributed by atoms with Gasteiger partial charge < -0.3 is 24.6 Å². The highest BCUT2D eigenvalue weighted by atomic mass is 19.4. The van der Waals surface area contributed by atoms with Crippen LogP contribution in [0, 0.1) is 0 Å². The van der Waals surface area contributed by atoms with Gasteiger partial charge in [0.15, 0.2) is 6.10 Å². The number of hydrogen-bond acceptors (Lipinski definition) is 5. The number of carbonyl (C=O) groups is 1. The van der Waals surface area contributed by atoms with Gasteiger partial charge in [-0.05, 0) is 48.6 Å². The lowest BCUT2D eigenvalue weighted by molar-refractivity contribution is -0.376. The van der Waals surface area contributed by atoms with Crippen molar-refractivity contribution < 1.29 is 50.8 Å². The molecular weight excluding hydrogens is 544 g/mol. The van der Waals surface area contributed by atoms with Crippen molar-refractivity contribution in [2.45, 2.75) is 55.5 Å². The largest absolute Gasteiger partial charge is 0.489 e. The number of aliphatic hydroxyl groups excluding tert-OH is 1. The van der Waals surface area contributed by atoms with Crippen molar-refractivity contribution in [3.63, 3.8) is 0 Å². The number of alkyl halides is 6. The molecule has 2 aromatic rings. The molecule has 0 saturated carbocycles. The van der Waals surface area contributed by atoms with Crippen LogP contribution in [-0.4, -0.2) is 54.3 Å². The zero-order valence-electron chi connectivity index (χ0n) is 21.2. The van der Waals surface area contributed by atoms with Crippen molar-refractivity contribution in [1.82, 2.24) is 0 Å². The van der Waals surface area contributed by atoms with Gasteiger partial charge >= 0.3 is 12.4 Å². The Labute approximate surface area is 226 Å². The third-order valence-corrected chi connectivity index (χ3v) is 6.98. The highest BCUT2D eigenvalue weighted by Gasteiger charge is 2.71. The van der Waals surface area contributed by atoms with E-state index in [0.29, 0.717) is 24.3 Å². The van der Waals surface area contributed by atoms with Crippen LogP contribution >= 0.6 is 0 Å². The smallest absolute Gasteiger partial charge is 0.430 e. The molecule has 0 saturated heterocycles. The molecule has 4 rings (SSSR count). The first-order valence-electron chi connectivity index (χ1n) is 12.4. The number of amides is 1. The highest BCUT2D eigenvalue weighted by molar-refractivity contribution is 5.98. The Kier molecular flexibility index (Phi) is 8.34. The third kappa shape index (κ3) is 5.74. The number of halogens is 6. The molecule has 1 unspecified atom stereocenters. The minimum atomic E-state index is -6.06. The molecule has 0 radical (unpaired) electrons. The number of benzene rings is 2. The van der Waals surface area contributed by atoms with E-state index >= 15 is 0 Å². The molecule has 0 aromatic heterocycles. The van der Waals surface area contributed by atoms with Gasteiger partial charge in [-0.25, -0.2) is 0 Å². The molecule has 1 amide bonds. The molecule has 1 aliphatic carbocycles. The predicted octanol–water partition coefficient (Wildman–Crippen LogP) is 5.26. The fraction of sp³-hybridized carbons (Fsp3) is 0.393. The Hall–Kier alpha value is -3.35. The molecule has 0 spiro atoms. The Morgan fingerprint density at radius 3 is 2.30 bits per heavy atom. The van der Waals surface area contributed by atoms with E-state index in [2.05, 4.69) is 0 Å². The Bertz CT molecular complexity index is 1260. The normalized spacial score (nSPS) is 20.8. The van der Waals surface area contributed by atoms with Gasteiger partial charge in [0, 0.05) is 18.4 Å². The van der Waals surface area contributed by atoms with Crippen molar-refractivity contribution in [1.29, 1.82) is 0 Å². The molecule has 6 nitrogen and oxygen atoms in total. The molecule has 1 heterocycles. The number of rotatable bonds is 6. The maximum absolute atomic E-state index is 13.6. The second-order valence-electron chi connectivity index (χ2n) is 9.57. The summed E-state index contributed by atoms with van der Waals surface area (Å²) in [6, 6.07) is 9.92. The van der Waals surface area contributed by atoms with Crippen LogP contribution in [0.3, 0.4) is 0 Å². The quantitative estimate of drug-likeness (QED) is 0.463. The van der Waals surface area contributed by atoms with E-state index in [4.69, 9.17) is 9.47 Å². The number of carbonyl (C=O) groups excluding carboxylic acids is 1. The van der Waals surface area contributed by atoms with Crippen molar-refractivity contribution >= 4 is 11.6 Å². The lowest BCUT2D eigenvalue weighted by Crippen LogP contribution is -2.54. The second-order valence-corrected chi connectivity index (χ2v) is 9.57. The number of methoxy groups -OCH3 is 1. The lowest BCUT2D eigenvalue weighted by atomic mass is 9.89. The second kappa shape index (κ2) is 11.3. The summed E-state index contributed by atoms with van der Waals surface area (Å²) in [5.41, 5.74) is -6.33. The number of fused-ring (bicyclic) bond motifs is 1. The molecule has 2 N–H and O–H groups in total. The zero-order chi connectivity index (χ0) is 29.3. The Morgan fingerprint density at radius 2 is 1.73 bits per heavy atom. The number of nitrogens with zero attached hydrogens (tertiary/aromatic N) is 1. The van der Waals surface area contributed by atoms with Gasteiger partial charge in [-0.15, -0.1) is 0 Å². The van der Waals surface area contributed by atoms with Crippen LogP contribution in [-0.2, 0) is 26.3 Å². The summed E-state index contributed by atoms with van der Waals surface area (Å²) in [7, 11) is 1.55. The van der Waals surface area contributed by atoms with Crippen LogP contribution in [0.15, 0.2) is 72.5 Å². The van der Waals surface area contributed by atoms with E-state index < -0.39 is 41.6 Å². The van der Waals surface area contributed by atoms with Crippen LogP contribution in [0.5, 0.6) is 0 Å². The standard InChI is InChI=1S/C28H27F6NO5/c1-39-20-10-12-21(13-11-20)40-22-9-7-18-15-19(26(38,27(29,30)31)28(32,33)34)8-14-23(18)35(16-22)25(37)24(36)17-5-3-2-4-6-17/h2-6,8,10,12-15,20,22,24,36,38H,7,9,11,16H2,1H3/t20?,22-,24-/m0/s1. The van der Waals surface area contributed by atoms with Gasteiger partial charge in [-0.3, -0.25) is 4.79 Å². The Morgan fingerprint density at radius 1 is 1.05 bits per heavy atom. The fourth-order valence-corrected chi connectivity index (χ4v) is 4.74. The van der Waals surface area contributed by atoms with Gasteiger partial charge in [0.25, 0.3) is 11.5 Å². The van der Waals surface area contributed by atoms with Crippen molar-refractivity contribution in [3.05, 3.63) is 89.2 Å². The summed E-state index contributed by atoms with van der Waals surface area (Å²) in [6.45, 7) is -0.142. The lowest BCUT2D eigenvalue weighted by Gasteiger charge is -2.34. The molecule has 40 heavy (non-hydrogen) atoms. The van der Waals surface area contributed by atoms with Gasteiger partial charge in [0.05, 0.1) is 12.6 Å². The van der Waals surface area contributed by atoms with E-state index in [9.17, 15) is 41.4 Å². The minimum Gasteiger partial charge on any atom is -0.489 e. The van der Waals surface area contributed by atoms with Crippen molar-refractivity contribution in [3.8, 4) is 0 Å². The van der Waals surface area contributed by atoms with Crippen molar-refractivity contribution in [2.75, 3.05) is 18.6 Å². The molecule has 216 valence electrons. The van der Waals surface area contributed by atoms with E-state index in [-0.39, 0.29) is 42.3 Å². The first-order valence-corrected chi connectivity index (χ1v) is 12.4. The van der Waals surface area contributed by atoms with Crippen LogP contribution in [0.25, 0.3) is 0 Å². The summed E-state index contributed by atoms with van der Waals surface area (Å²) >= 11 is 0. The fourth-order valence-electron chi connectivity index (χ4n) is 4.74. The first kappa shape index (κ1) is 29.6. The van der Waals surface area contributed by atoms with Gasteiger partial charge in [-0.2, -0.15) is 26.3 Å². The molecule has 12 heteroatoms. The number of anilines is 1. The van der Waals surface area contributed by atoms with E-state index in [1.165, 1.54) is 12.1 Å². The monoisotopic (exact) mass is 571 g/mol. The van der Waals surface area contributed by atoms with Gasteiger partial charge in [0.2, 0.25) is 0 Å². The summed E-state index contributed by atoms with van der Waals surface area (Å²) < 4.78 is 92.7. The molecular formula is C28H27F6NO5. The SMILES string of the molecule is COC1C=CC(O[C@H]2CCc3cc(C(O)(C(F)(F)F)C(F)(F)F)ccc3N(C(=O)[C@@H](O)c3ccccc3)C2)=CC1. The van der Waals surface area contributed by atoms with Gasteiger partial charge in [0.1, 0.15) is 11.9 Å². The third-order valence-electron chi connectivity index (χ3n) is 6.98. The Balaban J connectivity index is 1.73. The average Bonchev–Trinajstić information content (AvgIpc) is 3.10. The maximum atomic E-state index is 13.6. The van der Waals surface area contributed by atoms with Crippen LogP contribution in [0.4, 0.5) is 32.0 Å². The average molecular weight is 572 g/mol. The molecule has 0 bridgehead atoms. The molecule has 0 fully saturated rings. The molecule has 2 aliphatic rings. The molecule has 2 aromatic carbocycles.